The molecule has 45 heavy (non-hydrogen) atoms. The molecule has 10 nitrogen and oxygen atoms in total. The average molecular weight is 616 g/mol. The lowest BCUT2D eigenvalue weighted by Gasteiger charge is -2.30. The van der Waals surface area contributed by atoms with Crippen molar-refractivity contribution >= 4 is 28.8 Å². The van der Waals surface area contributed by atoms with E-state index in [4.69, 9.17) is 18.9 Å². The molecular formula is C34H38FN5O5. The van der Waals surface area contributed by atoms with Gasteiger partial charge in [-0.3, -0.25) is 4.98 Å². The Hall–Kier alpha value is -4.90. The van der Waals surface area contributed by atoms with E-state index in [0.29, 0.717) is 40.5 Å². The van der Waals surface area contributed by atoms with E-state index in [1.165, 1.54) is 37.3 Å². The summed E-state index contributed by atoms with van der Waals surface area (Å²) in [6, 6.07) is 15.9. The number of rotatable bonds is 12. The molecule has 0 saturated carbocycles. The fourth-order valence-corrected chi connectivity index (χ4v) is 5.07. The molecule has 2 N–H and O–H groups in total. The van der Waals surface area contributed by atoms with Crippen molar-refractivity contribution in [3.63, 3.8) is 0 Å². The molecule has 0 radical (unpaired) electrons. The fourth-order valence-electron chi connectivity index (χ4n) is 5.07. The van der Waals surface area contributed by atoms with Gasteiger partial charge in [0.05, 0.1) is 32.6 Å². The molecule has 1 aliphatic heterocycles. The van der Waals surface area contributed by atoms with Crippen molar-refractivity contribution in [1.29, 1.82) is 0 Å². The van der Waals surface area contributed by atoms with Crippen LogP contribution >= 0.6 is 0 Å². The molecular weight excluding hydrogens is 577 g/mol. The number of methoxy groups -OCH3 is 2. The van der Waals surface area contributed by atoms with E-state index in [1.807, 2.05) is 18.2 Å². The molecule has 1 aliphatic rings. The highest BCUT2D eigenvalue weighted by Gasteiger charge is 2.17. The van der Waals surface area contributed by atoms with Gasteiger partial charge in [0.15, 0.2) is 23.1 Å². The van der Waals surface area contributed by atoms with Crippen LogP contribution in [-0.2, 0) is 0 Å². The molecule has 0 unspecified atom stereocenters. The second-order valence-electron chi connectivity index (χ2n) is 10.9. The Morgan fingerprint density at radius 2 is 1.87 bits per heavy atom. The second kappa shape index (κ2) is 15.2. The van der Waals surface area contributed by atoms with E-state index in [0.717, 1.165) is 37.5 Å². The summed E-state index contributed by atoms with van der Waals surface area (Å²) in [5.41, 5.74) is 3.95. The fraction of sp³-hybridized carbons (Fsp3) is 0.324. The highest BCUT2D eigenvalue weighted by molar-refractivity contribution is 5.91. The number of pyridine rings is 1. The molecule has 0 spiro atoms. The van der Waals surface area contributed by atoms with E-state index >= 15 is 4.39 Å². The highest BCUT2D eigenvalue weighted by Crippen LogP contribution is 2.38. The quantitative estimate of drug-likeness (QED) is 0.102. The van der Waals surface area contributed by atoms with Gasteiger partial charge in [0.1, 0.15) is 11.5 Å². The molecule has 2 heterocycles. The number of nitrogens with zero attached hydrogens (tertiary/aromatic N) is 3. The maximum atomic E-state index is 15.1. The summed E-state index contributed by atoms with van der Waals surface area (Å²) in [5, 5.41) is 7.10. The number of nitrogens with one attached hydrogen (secondary N) is 2. The third-order valence-electron chi connectivity index (χ3n) is 7.62. The zero-order valence-corrected chi connectivity index (χ0v) is 25.7. The van der Waals surface area contributed by atoms with Gasteiger partial charge >= 0.3 is 6.03 Å². The number of hydrazone groups is 1. The van der Waals surface area contributed by atoms with Gasteiger partial charge in [-0.1, -0.05) is 19.1 Å². The maximum absolute atomic E-state index is 15.1. The maximum Gasteiger partial charge on any atom is 0.339 e. The minimum Gasteiger partial charge on any atom is -0.497 e. The van der Waals surface area contributed by atoms with Gasteiger partial charge in [-0.25, -0.2) is 14.6 Å². The molecule has 0 bridgehead atoms. The summed E-state index contributed by atoms with van der Waals surface area (Å²) < 4.78 is 37.9. The summed E-state index contributed by atoms with van der Waals surface area (Å²) in [6.45, 7) is 6.16. The Bertz CT molecular complexity index is 1640. The Kier molecular flexibility index (Phi) is 10.7. The molecule has 5 rings (SSSR count). The lowest BCUT2D eigenvalue weighted by Crippen LogP contribution is -2.34. The van der Waals surface area contributed by atoms with Crippen LogP contribution in [0.4, 0.5) is 14.9 Å². The molecule has 0 atom stereocenters. The summed E-state index contributed by atoms with van der Waals surface area (Å²) in [7, 11) is 3.14. The third-order valence-corrected chi connectivity index (χ3v) is 7.62. The predicted molar refractivity (Wildman–Crippen MR) is 172 cm³/mol. The molecule has 3 aromatic carbocycles. The van der Waals surface area contributed by atoms with Crippen LogP contribution in [0.15, 0.2) is 72.0 Å². The number of ether oxygens (including phenoxy) is 4. The van der Waals surface area contributed by atoms with Gasteiger partial charge in [0.2, 0.25) is 0 Å². The van der Waals surface area contributed by atoms with Crippen molar-refractivity contribution in [2.75, 3.05) is 45.8 Å². The Morgan fingerprint density at radius 1 is 1.02 bits per heavy atom. The number of carbonyl (C=O) groups excluding carboxylic acids is 1. The van der Waals surface area contributed by atoms with Crippen molar-refractivity contribution in [3.05, 3.63) is 78.2 Å². The van der Waals surface area contributed by atoms with Gasteiger partial charge in [0, 0.05) is 35.9 Å². The standard InChI is InChI=1S/C34H38FN5O5/c1-23-11-15-40(16-12-23)14-5-17-44-33-21-29-27(20-32(33)43-3)30(10-13-36-29)45-31-9-8-25(19-28(31)35)38-34(41)39-37-22-24-6-4-7-26(18-24)42-2/h4,6-10,13,18-23H,5,11-12,14-17H2,1-3H3,(H2,38,39,41)/b37-22+. The lowest BCUT2D eigenvalue weighted by atomic mass is 9.99. The Morgan fingerprint density at radius 3 is 2.64 bits per heavy atom. The van der Waals surface area contributed by atoms with Gasteiger partial charge in [-0.05, 0) is 80.2 Å². The summed E-state index contributed by atoms with van der Waals surface area (Å²) in [4.78, 5) is 19.2. The number of aromatic nitrogens is 1. The molecule has 4 aromatic rings. The number of carbonyl (C=O) groups is 1. The number of fused-ring (bicyclic) bond motifs is 1. The van der Waals surface area contributed by atoms with Crippen molar-refractivity contribution in [3.8, 4) is 28.7 Å². The van der Waals surface area contributed by atoms with Crippen LogP contribution in [0, 0.1) is 11.7 Å². The van der Waals surface area contributed by atoms with Crippen LogP contribution in [0.3, 0.4) is 0 Å². The molecule has 1 aromatic heterocycles. The Balaban J connectivity index is 1.19. The summed E-state index contributed by atoms with van der Waals surface area (Å²) >= 11 is 0. The predicted octanol–water partition coefficient (Wildman–Crippen LogP) is 6.84. The van der Waals surface area contributed by atoms with E-state index in [9.17, 15) is 4.79 Å². The number of halogens is 1. The minimum atomic E-state index is -0.660. The van der Waals surface area contributed by atoms with Crippen molar-refractivity contribution in [1.82, 2.24) is 15.3 Å². The number of hydrogen-bond acceptors (Lipinski definition) is 8. The van der Waals surface area contributed by atoms with E-state index < -0.39 is 11.8 Å². The van der Waals surface area contributed by atoms with Gasteiger partial charge < -0.3 is 29.2 Å². The van der Waals surface area contributed by atoms with Crippen molar-refractivity contribution < 1.29 is 28.1 Å². The molecule has 236 valence electrons. The van der Waals surface area contributed by atoms with E-state index in [-0.39, 0.29) is 11.4 Å². The van der Waals surface area contributed by atoms with Gasteiger partial charge in [-0.2, -0.15) is 5.10 Å². The van der Waals surface area contributed by atoms with Crippen molar-refractivity contribution in [2.45, 2.75) is 26.2 Å². The molecule has 11 heteroatoms. The first-order chi connectivity index (χ1) is 21.9. The third kappa shape index (κ3) is 8.60. The van der Waals surface area contributed by atoms with Crippen LogP contribution in [0.1, 0.15) is 31.7 Å². The first-order valence-electron chi connectivity index (χ1n) is 14.9. The molecule has 1 fully saturated rings. The number of urea groups is 1. The summed E-state index contributed by atoms with van der Waals surface area (Å²) in [5.74, 6) is 2.32. The Labute approximate surface area is 262 Å². The second-order valence-corrected chi connectivity index (χ2v) is 10.9. The zero-order valence-electron chi connectivity index (χ0n) is 25.7. The molecule has 0 aliphatic carbocycles. The number of likely N-dealkylation sites (tertiary alicyclic amines) is 1. The first kappa shape index (κ1) is 31.5. The van der Waals surface area contributed by atoms with E-state index in [1.54, 1.807) is 44.7 Å². The zero-order chi connectivity index (χ0) is 31.6. The van der Waals surface area contributed by atoms with Crippen LogP contribution in [0.25, 0.3) is 10.9 Å². The highest BCUT2D eigenvalue weighted by atomic mass is 19.1. The molecule has 1 saturated heterocycles. The van der Waals surface area contributed by atoms with E-state index in [2.05, 4.69) is 32.7 Å². The SMILES string of the molecule is COc1cccc(/C=N/NC(=O)Nc2ccc(Oc3ccnc4cc(OCCCN5CCC(C)CC5)c(OC)cc34)c(F)c2)c1. The topological polar surface area (TPSA) is 107 Å². The number of hydrogen-bond donors (Lipinski definition) is 2. The number of benzene rings is 3. The monoisotopic (exact) mass is 615 g/mol. The molecule has 2 amide bonds. The largest absolute Gasteiger partial charge is 0.497 e. The smallest absolute Gasteiger partial charge is 0.339 e. The average Bonchev–Trinajstić information content (AvgIpc) is 3.05. The van der Waals surface area contributed by atoms with Gasteiger partial charge in [0.25, 0.3) is 0 Å². The number of amides is 2. The van der Waals surface area contributed by atoms with Crippen LogP contribution in [-0.4, -0.2) is 62.6 Å². The van der Waals surface area contributed by atoms with Crippen molar-refractivity contribution in [2.24, 2.45) is 11.0 Å². The van der Waals surface area contributed by atoms with Crippen LogP contribution in [0.2, 0.25) is 0 Å². The lowest BCUT2D eigenvalue weighted by molar-refractivity contribution is 0.176. The normalized spacial score (nSPS) is 14.0. The number of anilines is 1. The van der Waals surface area contributed by atoms with Crippen LogP contribution < -0.4 is 29.7 Å². The minimum absolute atomic E-state index is 0.0177. The first-order valence-corrected chi connectivity index (χ1v) is 14.9. The number of piperidine rings is 1. The summed E-state index contributed by atoms with van der Waals surface area (Å²) in [6.07, 6.45) is 6.47. The van der Waals surface area contributed by atoms with Gasteiger partial charge in [-0.15, -0.1) is 0 Å². The van der Waals surface area contributed by atoms with Crippen LogP contribution in [0.5, 0.6) is 28.7 Å².